The van der Waals surface area contributed by atoms with E-state index < -0.39 is 0 Å². The van der Waals surface area contributed by atoms with Gasteiger partial charge in [-0.15, -0.1) is 0 Å². The minimum atomic E-state index is 0.783. The molecule has 2 heteroatoms. The smallest absolute Gasteiger partial charge is 0.0748 e. The standard InChI is InChI=1S/C11H10ClN/c1-7-5-6-13-11-8(2)10(12)4-3-9(7)11/h3-6H,1-2H3. The van der Waals surface area contributed by atoms with Gasteiger partial charge in [-0.1, -0.05) is 17.7 Å². The molecule has 0 aliphatic carbocycles. The lowest BCUT2D eigenvalue weighted by molar-refractivity contribution is 1.34. The van der Waals surface area contributed by atoms with Crippen molar-refractivity contribution in [3.63, 3.8) is 0 Å². The molecule has 0 saturated carbocycles. The van der Waals surface area contributed by atoms with Crippen LogP contribution in [-0.4, -0.2) is 4.98 Å². The summed E-state index contributed by atoms with van der Waals surface area (Å²) in [6.07, 6.45) is 1.82. The first-order valence-electron chi connectivity index (χ1n) is 4.20. The van der Waals surface area contributed by atoms with Crippen molar-refractivity contribution in [3.05, 3.63) is 40.5 Å². The molecule has 0 aliphatic heterocycles. The maximum absolute atomic E-state index is 6.00. The number of hydrogen-bond donors (Lipinski definition) is 0. The molecule has 0 radical (unpaired) electrons. The summed E-state index contributed by atoms with van der Waals surface area (Å²) in [5, 5.41) is 1.97. The average molecular weight is 192 g/mol. The Balaban J connectivity index is 2.94. The van der Waals surface area contributed by atoms with E-state index in [1.54, 1.807) is 0 Å². The number of hydrogen-bond acceptors (Lipinski definition) is 1. The summed E-state index contributed by atoms with van der Waals surface area (Å²) in [5.41, 5.74) is 3.31. The van der Waals surface area contributed by atoms with Crippen molar-refractivity contribution in [2.45, 2.75) is 13.8 Å². The zero-order valence-electron chi connectivity index (χ0n) is 7.63. The van der Waals surface area contributed by atoms with Crippen molar-refractivity contribution < 1.29 is 0 Å². The lowest BCUT2D eigenvalue weighted by Gasteiger charge is -2.04. The highest BCUT2D eigenvalue weighted by Crippen LogP contribution is 2.25. The van der Waals surface area contributed by atoms with Gasteiger partial charge in [0, 0.05) is 16.6 Å². The van der Waals surface area contributed by atoms with E-state index >= 15 is 0 Å². The van der Waals surface area contributed by atoms with Gasteiger partial charge in [-0.25, -0.2) is 0 Å². The van der Waals surface area contributed by atoms with Crippen molar-refractivity contribution in [2.24, 2.45) is 0 Å². The predicted octanol–water partition coefficient (Wildman–Crippen LogP) is 3.51. The van der Waals surface area contributed by atoms with Crippen molar-refractivity contribution in [1.82, 2.24) is 4.98 Å². The van der Waals surface area contributed by atoms with Gasteiger partial charge >= 0.3 is 0 Å². The summed E-state index contributed by atoms with van der Waals surface area (Å²) < 4.78 is 0. The zero-order chi connectivity index (χ0) is 9.42. The summed E-state index contributed by atoms with van der Waals surface area (Å²) in [7, 11) is 0. The van der Waals surface area contributed by atoms with Gasteiger partial charge in [0.1, 0.15) is 0 Å². The molecule has 1 nitrogen and oxygen atoms in total. The summed E-state index contributed by atoms with van der Waals surface area (Å²) in [4.78, 5) is 4.32. The van der Waals surface area contributed by atoms with Crippen LogP contribution in [-0.2, 0) is 0 Å². The Hall–Kier alpha value is -1.08. The van der Waals surface area contributed by atoms with Crippen LogP contribution in [0.2, 0.25) is 5.02 Å². The molecule has 66 valence electrons. The topological polar surface area (TPSA) is 12.9 Å². The van der Waals surface area contributed by atoms with Crippen LogP contribution in [0.5, 0.6) is 0 Å². The first kappa shape index (κ1) is 8.52. The van der Waals surface area contributed by atoms with Crippen LogP contribution >= 0.6 is 11.6 Å². The highest BCUT2D eigenvalue weighted by molar-refractivity contribution is 6.32. The Morgan fingerprint density at radius 3 is 2.69 bits per heavy atom. The van der Waals surface area contributed by atoms with Crippen LogP contribution in [0, 0.1) is 13.8 Å². The van der Waals surface area contributed by atoms with E-state index in [0.29, 0.717) is 0 Å². The van der Waals surface area contributed by atoms with Gasteiger partial charge in [-0.2, -0.15) is 0 Å². The second-order valence-corrected chi connectivity index (χ2v) is 3.60. The van der Waals surface area contributed by atoms with Gasteiger partial charge in [0.2, 0.25) is 0 Å². The number of benzene rings is 1. The van der Waals surface area contributed by atoms with Gasteiger partial charge < -0.3 is 0 Å². The summed E-state index contributed by atoms with van der Waals surface area (Å²) in [5.74, 6) is 0. The van der Waals surface area contributed by atoms with Gasteiger partial charge in [0.25, 0.3) is 0 Å². The summed E-state index contributed by atoms with van der Waals surface area (Å²) in [6.45, 7) is 4.08. The predicted molar refractivity (Wildman–Crippen MR) is 56.2 cm³/mol. The minimum Gasteiger partial charge on any atom is -0.256 e. The van der Waals surface area contributed by atoms with E-state index in [1.807, 2.05) is 31.3 Å². The molecule has 1 aromatic heterocycles. The maximum atomic E-state index is 6.00. The number of pyridine rings is 1. The number of nitrogens with zero attached hydrogens (tertiary/aromatic N) is 1. The molecule has 1 heterocycles. The summed E-state index contributed by atoms with van der Waals surface area (Å²) in [6, 6.07) is 5.95. The van der Waals surface area contributed by atoms with Crippen LogP contribution in [0.15, 0.2) is 24.4 Å². The molecule has 0 bridgehead atoms. The third-order valence-corrected chi connectivity index (χ3v) is 2.73. The molecule has 0 atom stereocenters. The monoisotopic (exact) mass is 191 g/mol. The number of halogens is 1. The van der Waals surface area contributed by atoms with Crippen LogP contribution in [0.1, 0.15) is 11.1 Å². The number of aryl methyl sites for hydroxylation is 2. The van der Waals surface area contributed by atoms with Gasteiger partial charge in [-0.05, 0) is 37.1 Å². The quantitative estimate of drug-likeness (QED) is 0.621. The van der Waals surface area contributed by atoms with Crippen molar-refractivity contribution in [2.75, 3.05) is 0 Å². The van der Waals surface area contributed by atoms with Gasteiger partial charge in [-0.3, -0.25) is 4.98 Å². The Kier molecular flexibility index (Phi) is 1.97. The fourth-order valence-corrected chi connectivity index (χ4v) is 1.63. The molecule has 0 amide bonds. The number of rotatable bonds is 0. The second kappa shape index (κ2) is 3.00. The Morgan fingerprint density at radius 1 is 1.15 bits per heavy atom. The molecule has 0 spiro atoms. The van der Waals surface area contributed by atoms with E-state index in [2.05, 4.69) is 11.9 Å². The molecule has 1 aromatic carbocycles. The van der Waals surface area contributed by atoms with Gasteiger partial charge in [0.15, 0.2) is 0 Å². The third kappa shape index (κ3) is 1.29. The first-order valence-corrected chi connectivity index (χ1v) is 4.58. The molecule has 13 heavy (non-hydrogen) atoms. The highest BCUT2D eigenvalue weighted by Gasteiger charge is 2.03. The van der Waals surface area contributed by atoms with E-state index in [1.165, 1.54) is 10.9 Å². The van der Waals surface area contributed by atoms with E-state index in [-0.39, 0.29) is 0 Å². The Bertz CT molecular complexity index is 463. The van der Waals surface area contributed by atoms with E-state index in [0.717, 1.165) is 16.1 Å². The molecular weight excluding hydrogens is 182 g/mol. The first-order chi connectivity index (χ1) is 6.20. The molecule has 0 saturated heterocycles. The maximum Gasteiger partial charge on any atom is 0.0748 e. The average Bonchev–Trinajstić information content (AvgIpc) is 2.12. The van der Waals surface area contributed by atoms with Crippen molar-refractivity contribution >= 4 is 22.5 Å². The van der Waals surface area contributed by atoms with Crippen molar-refractivity contribution in [1.29, 1.82) is 0 Å². The van der Waals surface area contributed by atoms with Crippen LogP contribution in [0.25, 0.3) is 10.9 Å². The third-order valence-electron chi connectivity index (χ3n) is 2.32. The fourth-order valence-electron chi connectivity index (χ4n) is 1.47. The lowest BCUT2D eigenvalue weighted by atomic mass is 10.1. The minimum absolute atomic E-state index is 0.783. The molecule has 2 aromatic rings. The Morgan fingerprint density at radius 2 is 1.92 bits per heavy atom. The number of aromatic nitrogens is 1. The molecule has 0 aliphatic rings. The fraction of sp³-hybridized carbons (Fsp3) is 0.182. The Labute approximate surface area is 82.4 Å². The normalized spacial score (nSPS) is 10.7. The van der Waals surface area contributed by atoms with Crippen molar-refractivity contribution in [3.8, 4) is 0 Å². The van der Waals surface area contributed by atoms with Crippen LogP contribution < -0.4 is 0 Å². The van der Waals surface area contributed by atoms with E-state index in [4.69, 9.17) is 11.6 Å². The molecule has 2 rings (SSSR count). The van der Waals surface area contributed by atoms with E-state index in [9.17, 15) is 0 Å². The van der Waals surface area contributed by atoms with Gasteiger partial charge in [0.05, 0.1) is 5.52 Å². The van der Waals surface area contributed by atoms with Crippen LogP contribution in [0.4, 0.5) is 0 Å². The van der Waals surface area contributed by atoms with Crippen LogP contribution in [0.3, 0.4) is 0 Å². The molecular formula is C11H10ClN. The molecule has 0 N–H and O–H groups in total. The SMILES string of the molecule is Cc1ccnc2c(C)c(Cl)ccc12. The highest BCUT2D eigenvalue weighted by atomic mass is 35.5. The lowest BCUT2D eigenvalue weighted by Crippen LogP contribution is -1.86. The zero-order valence-corrected chi connectivity index (χ0v) is 8.39. The summed E-state index contributed by atoms with van der Waals surface area (Å²) >= 11 is 6.00. The largest absolute Gasteiger partial charge is 0.256 e. The molecule has 0 fully saturated rings. The molecule has 0 unspecified atom stereocenters. The number of fused-ring (bicyclic) bond motifs is 1. The second-order valence-electron chi connectivity index (χ2n) is 3.20.